The maximum atomic E-state index is 12.2. The molecule has 4 heteroatoms. The second-order valence-electron chi connectivity index (χ2n) is 6.54. The van der Waals surface area contributed by atoms with Crippen LogP contribution in [0.4, 0.5) is 5.69 Å². The van der Waals surface area contributed by atoms with Crippen LogP contribution >= 0.6 is 0 Å². The topological polar surface area (TPSA) is 49.4 Å². The smallest absolute Gasteiger partial charge is 0.251 e. The van der Waals surface area contributed by atoms with Gasteiger partial charge in [0.1, 0.15) is 0 Å². The Kier molecular flexibility index (Phi) is 5.97. The highest BCUT2D eigenvalue weighted by atomic mass is 16.2. The zero-order chi connectivity index (χ0) is 18.6. The first-order valence-electron chi connectivity index (χ1n) is 8.50. The Hall–Kier alpha value is -2.62. The van der Waals surface area contributed by atoms with Gasteiger partial charge in [0.05, 0.1) is 0 Å². The molecule has 0 atom stereocenters. The molecule has 2 aromatic carbocycles. The summed E-state index contributed by atoms with van der Waals surface area (Å²) in [7, 11) is 0. The molecule has 0 radical (unpaired) electrons. The Morgan fingerprint density at radius 1 is 0.920 bits per heavy atom. The summed E-state index contributed by atoms with van der Waals surface area (Å²) in [5, 5.41) is 2.89. The Morgan fingerprint density at radius 3 is 2.00 bits per heavy atom. The molecule has 2 aromatic rings. The SMILES string of the molecule is CC(=O)N(CCNC(=O)c1ccc(C)cc1)c1c(C)cc(C)cc1C. The molecule has 25 heavy (non-hydrogen) atoms. The van der Waals surface area contributed by atoms with Crippen LogP contribution < -0.4 is 10.2 Å². The van der Waals surface area contributed by atoms with Crippen LogP contribution in [0.1, 0.15) is 39.5 Å². The Balaban J connectivity index is 2.07. The van der Waals surface area contributed by atoms with Crippen molar-refractivity contribution in [1.29, 1.82) is 0 Å². The van der Waals surface area contributed by atoms with Gasteiger partial charge in [0.2, 0.25) is 5.91 Å². The third-order valence-electron chi connectivity index (χ3n) is 4.22. The van der Waals surface area contributed by atoms with Gasteiger partial charge >= 0.3 is 0 Å². The fourth-order valence-electron chi connectivity index (χ4n) is 3.11. The summed E-state index contributed by atoms with van der Waals surface area (Å²) in [4.78, 5) is 26.1. The number of nitrogens with zero attached hydrogens (tertiary/aromatic N) is 1. The first kappa shape index (κ1) is 18.7. The molecular formula is C21H26N2O2. The minimum absolute atomic E-state index is 0.0281. The summed E-state index contributed by atoms with van der Waals surface area (Å²) in [5.74, 6) is -0.152. The zero-order valence-electron chi connectivity index (χ0n) is 15.6. The molecule has 2 rings (SSSR count). The van der Waals surface area contributed by atoms with Gasteiger partial charge in [0, 0.05) is 31.3 Å². The molecule has 0 fully saturated rings. The minimum atomic E-state index is -0.124. The molecule has 0 unspecified atom stereocenters. The summed E-state index contributed by atoms with van der Waals surface area (Å²) in [6, 6.07) is 11.6. The third kappa shape index (κ3) is 4.69. The van der Waals surface area contributed by atoms with Crippen molar-refractivity contribution in [3.05, 3.63) is 64.2 Å². The monoisotopic (exact) mass is 338 g/mol. The van der Waals surface area contributed by atoms with Gasteiger partial charge in [-0.1, -0.05) is 35.4 Å². The predicted molar refractivity (Wildman–Crippen MR) is 102 cm³/mol. The van der Waals surface area contributed by atoms with Crippen LogP contribution in [0.25, 0.3) is 0 Å². The second kappa shape index (κ2) is 7.97. The number of carbonyl (C=O) groups excluding carboxylic acids is 2. The van der Waals surface area contributed by atoms with E-state index in [4.69, 9.17) is 0 Å². The number of nitrogens with one attached hydrogen (secondary N) is 1. The molecule has 0 aliphatic carbocycles. The van der Waals surface area contributed by atoms with Crippen LogP contribution in [0.2, 0.25) is 0 Å². The van der Waals surface area contributed by atoms with E-state index in [0.29, 0.717) is 18.7 Å². The molecular weight excluding hydrogens is 312 g/mol. The van der Waals surface area contributed by atoms with Crippen molar-refractivity contribution in [3.63, 3.8) is 0 Å². The molecule has 0 saturated heterocycles. The molecule has 0 aromatic heterocycles. The summed E-state index contributed by atoms with van der Waals surface area (Å²) in [6.45, 7) is 10.5. The summed E-state index contributed by atoms with van der Waals surface area (Å²) >= 11 is 0. The van der Waals surface area contributed by atoms with Crippen molar-refractivity contribution in [3.8, 4) is 0 Å². The van der Waals surface area contributed by atoms with Crippen LogP contribution in [0.3, 0.4) is 0 Å². The zero-order valence-corrected chi connectivity index (χ0v) is 15.6. The Morgan fingerprint density at radius 2 is 1.48 bits per heavy atom. The van der Waals surface area contributed by atoms with Crippen LogP contribution in [0, 0.1) is 27.7 Å². The van der Waals surface area contributed by atoms with E-state index < -0.39 is 0 Å². The highest BCUT2D eigenvalue weighted by molar-refractivity contribution is 5.95. The fraction of sp³-hybridized carbons (Fsp3) is 0.333. The van der Waals surface area contributed by atoms with Gasteiger partial charge in [-0.25, -0.2) is 0 Å². The maximum absolute atomic E-state index is 12.2. The van der Waals surface area contributed by atoms with Crippen LogP contribution in [-0.2, 0) is 4.79 Å². The van der Waals surface area contributed by atoms with Crippen LogP contribution in [-0.4, -0.2) is 24.9 Å². The van der Waals surface area contributed by atoms with Gasteiger partial charge in [0.15, 0.2) is 0 Å². The first-order chi connectivity index (χ1) is 11.8. The quantitative estimate of drug-likeness (QED) is 0.903. The number of hydrogen-bond donors (Lipinski definition) is 1. The fourth-order valence-corrected chi connectivity index (χ4v) is 3.11. The number of aryl methyl sites for hydroxylation is 4. The number of rotatable bonds is 5. The average Bonchev–Trinajstić information content (AvgIpc) is 2.52. The van der Waals surface area contributed by atoms with E-state index in [-0.39, 0.29) is 11.8 Å². The van der Waals surface area contributed by atoms with Gasteiger partial charge in [-0.3, -0.25) is 9.59 Å². The van der Waals surface area contributed by atoms with Crippen molar-refractivity contribution in [1.82, 2.24) is 5.32 Å². The van der Waals surface area contributed by atoms with Crippen molar-refractivity contribution in [2.75, 3.05) is 18.0 Å². The molecule has 0 bridgehead atoms. The van der Waals surface area contributed by atoms with E-state index in [1.165, 1.54) is 5.56 Å². The summed E-state index contributed by atoms with van der Waals surface area (Å²) < 4.78 is 0. The number of benzene rings is 2. The standard InChI is InChI=1S/C21H26N2O2/c1-14-6-8-19(9-7-14)21(25)22-10-11-23(18(5)24)20-16(3)12-15(2)13-17(20)4/h6-9,12-13H,10-11H2,1-5H3,(H,22,25). The highest BCUT2D eigenvalue weighted by Gasteiger charge is 2.17. The number of carbonyl (C=O) groups is 2. The van der Waals surface area contributed by atoms with Crippen LogP contribution in [0.5, 0.6) is 0 Å². The Labute approximate surface area is 149 Å². The molecule has 0 spiro atoms. The lowest BCUT2D eigenvalue weighted by atomic mass is 10.0. The third-order valence-corrected chi connectivity index (χ3v) is 4.22. The molecule has 0 saturated carbocycles. The molecule has 0 aliphatic heterocycles. The van der Waals surface area contributed by atoms with E-state index in [1.807, 2.05) is 52.0 Å². The summed E-state index contributed by atoms with van der Waals surface area (Å²) in [5.41, 5.74) is 5.99. The van der Waals surface area contributed by atoms with E-state index >= 15 is 0 Å². The van der Waals surface area contributed by atoms with Crippen molar-refractivity contribution in [2.45, 2.75) is 34.6 Å². The van der Waals surface area contributed by atoms with E-state index in [1.54, 1.807) is 11.8 Å². The van der Waals surface area contributed by atoms with Gasteiger partial charge in [-0.05, 0) is 51.0 Å². The van der Waals surface area contributed by atoms with Gasteiger partial charge in [-0.2, -0.15) is 0 Å². The van der Waals surface area contributed by atoms with Gasteiger partial charge < -0.3 is 10.2 Å². The highest BCUT2D eigenvalue weighted by Crippen LogP contribution is 2.26. The van der Waals surface area contributed by atoms with Gasteiger partial charge in [-0.15, -0.1) is 0 Å². The summed E-state index contributed by atoms with van der Waals surface area (Å²) in [6.07, 6.45) is 0. The van der Waals surface area contributed by atoms with Crippen LogP contribution in [0.15, 0.2) is 36.4 Å². The van der Waals surface area contributed by atoms with E-state index in [0.717, 1.165) is 22.4 Å². The lowest BCUT2D eigenvalue weighted by Gasteiger charge is -2.25. The Bertz CT molecular complexity index is 756. The minimum Gasteiger partial charge on any atom is -0.350 e. The lowest BCUT2D eigenvalue weighted by Crippen LogP contribution is -2.38. The second-order valence-corrected chi connectivity index (χ2v) is 6.54. The largest absolute Gasteiger partial charge is 0.350 e. The van der Waals surface area contributed by atoms with E-state index in [9.17, 15) is 9.59 Å². The molecule has 4 nitrogen and oxygen atoms in total. The van der Waals surface area contributed by atoms with Crippen molar-refractivity contribution in [2.24, 2.45) is 0 Å². The maximum Gasteiger partial charge on any atom is 0.251 e. The molecule has 1 N–H and O–H groups in total. The number of amides is 2. The number of hydrogen-bond acceptors (Lipinski definition) is 2. The van der Waals surface area contributed by atoms with E-state index in [2.05, 4.69) is 17.4 Å². The first-order valence-corrected chi connectivity index (χ1v) is 8.50. The molecule has 0 heterocycles. The van der Waals surface area contributed by atoms with Crippen molar-refractivity contribution >= 4 is 17.5 Å². The number of anilines is 1. The van der Waals surface area contributed by atoms with Crippen molar-refractivity contribution < 1.29 is 9.59 Å². The molecule has 132 valence electrons. The molecule has 2 amide bonds. The van der Waals surface area contributed by atoms with Gasteiger partial charge in [0.25, 0.3) is 5.91 Å². The molecule has 0 aliphatic rings. The lowest BCUT2D eigenvalue weighted by molar-refractivity contribution is -0.116. The predicted octanol–water partition coefficient (Wildman–Crippen LogP) is 3.70. The average molecular weight is 338 g/mol. The normalized spacial score (nSPS) is 10.4.